The van der Waals surface area contributed by atoms with Gasteiger partial charge in [-0.25, -0.2) is 0 Å². The van der Waals surface area contributed by atoms with Gasteiger partial charge < -0.3 is 10.6 Å². The van der Waals surface area contributed by atoms with E-state index in [9.17, 15) is 9.59 Å². The molecule has 2 aromatic carbocycles. The summed E-state index contributed by atoms with van der Waals surface area (Å²) in [5.41, 5.74) is 7.25. The van der Waals surface area contributed by atoms with Crippen molar-refractivity contribution in [2.24, 2.45) is 11.8 Å². The standard InChI is InChI=1S/C22H26N2O2/c1-12-8-15(4)20(16(5)9-12)24-22(26)19-11-18(19)21(25)23-17-7-6-13(2)14(3)10-17/h6-10,18-19H,11H2,1-5H3,(H,23,25)(H,24,26). The second-order valence-electron chi connectivity index (χ2n) is 7.50. The molecular formula is C22H26N2O2. The Balaban J connectivity index is 1.62. The Kier molecular flexibility index (Phi) is 4.86. The van der Waals surface area contributed by atoms with Crippen LogP contribution >= 0.6 is 0 Å². The third kappa shape index (κ3) is 3.79. The first-order valence-electron chi connectivity index (χ1n) is 9.03. The molecule has 1 saturated carbocycles. The minimum atomic E-state index is -0.248. The van der Waals surface area contributed by atoms with Gasteiger partial charge in [-0.3, -0.25) is 9.59 Å². The average Bonchev–Trinajstić information content (AvgIpc) is 3.35. The molecular weight excluding hydrogens is 324 g/mol. The molecule has 1 aliphatic rings. The highest BCUT2D eigenvalue weighted by Crippen LogP contribution is 2.40. The smallest absolute Gasteiger partial charge is 0.228 e. The number of aryl methyl sites for hydroxylation is 5. The van der Waals surface area contributed by atoms with Crippen molar-refractivity contribution in [3.63, 3.8) is 0 Å². The van der Waals surface area contributed by atoms with Gasteiger partial charge in [0, 0.05) is 11.4 Å². The predicted octanol–water partition coefficient (Wildman–Crippen LogP) is 4.44. The molecule has 0 radical (unpaired) electrons. The van der Waals surface area contributed by atoms with Crippen LogP contribution in [0.1, 0.15) is 34.2 Å². The predicted molar refractivity (Wildman–Crippen MR) is 105 cm³/mol. The zero-order chi connectivity index (χ0) is 19.0. The van der Waals surface area contributed by atoms with Crippen molar-refractivity contribution in [3.05, 3.63) is 58.1 Å². The van der Waals surface area contributed by atoms with Gasteiger partial charge >= 0.3 is 0 Å². The summed E-state index contributed by atoms with van der Waals surface area (Å²) in [4.78, 5) is 25.0. The normalized spacial score (nSPS) is 18.3. The van der Waals surface area contributed by atoms with Gasteiger partial charge in [0.25, 0.3) is 0 Å². The first kappa shape index (κ1) is 18.2. The Hall–Kier alpha value is -2.62. The lowest BCUT2D eigenvalue weighted by atomic mass is 10.0. The topological polar surface area (TPSA) is 58.2 Å². The van der Waals surface area contributed by atoms with Crippen LogP contribution in [0.3, 0.4) is 0 Å². The maximum Gasteiger partial charge on any atom is 0.228 e. The van der Waals surface area contributed by atoms with Gasteiger partial charge in [0.15, 0.2) is 0 Å². The third-order valence-corrected chi connectivity index (χ3v) is 5.16. The molecule has 136 valence electrons. The van der Waals surface area contributed by atoms with Crippen molar-refractivity contribution < 1.29 is 9.59 Å². The number of carbonyl (C=O) groups is 2. The average molecular weight is 350 g/mol. The van der Waals surface area contributed by atoms with Crippen LogP contribution in [0, 0.1) is 46.5 Å². The van der Waals surface area contributed by atoms with Crippen LogP contribution in [-0.2, 0) is 9.59 Å². The number of anilines is 2. The molecule has 1 fully saturated rings. The molecule has 2 atom stereocenters. The summed E-state index contributed by atoms with van der Waals surface area (Å²) in [5, 5.41) is 5.95. The van der Waals surface area contributed by atoms with Crippen molar-refractivity contribution in [2.45, 2.75) is 41.0 Å². The van der Waals surface area contributed by atoms with E-state index in [1.165, 1.54) is 11.1 Å². The molecule has 0 heterocycles. The number of nitrogens with one attached hydrogen (secondary N) is 2. The van der Waals surface area contributed by atoms with Gasteiger partial charge in [0.1, 0.15) is 0 Å². The van der Waals surface area contributed by atoms with Crippen molar-refractivity contribution in [1.82, 2.24) is 0 Å². The minimum absolute atomic E-state index is 0.0692. The number of hydrogen-bond acceptors (Lipinski definition) is 2. The first-order chi connectivity index (χ1) is 12.3. The second kappa shape index (κ2) is 6.94. The lowest BCUT2D eigenvalue weighted by Crippen LogP contribution is -2.21. The molecule has 2 unspecified atom stereocenters. The molecule has 4 nitrogen and oxygen atoms in total. The molecule has 0 saturated heterocycles. The lowest BCUT2D eigenvalue weighted by molar-refractivity contribution is -0.122. The molecule has 3 rings (SSSR count). The fraction of sp³-hybridized carbons (Fsp3) is 0.364. The second-order valence-corrected chi connectivity index (χ2v) is 7.50. The monoisotopic (exact) mass is 350 g/mol. The molecule has 0 aromatic heterocycles. The van der Waals surface area contributed by atoms with E-state index in [-0.39, 0.29) is 23.7 Å². The highest BCUT2D eigenvalue weighted by Gasteiger charge is 2.48. The zero-order valence-corrected chi connectivity index (χ0v) is 16.1. The molecule has 0 bridgehead atoms. The third-order valence-electron chi connectivity index (χ3n) is 5.16. The minimum Gasteiger partial charge on any atom is -0.326 e. The van der Waals surface area contributed by atoms with Crippen molar-refractivity contribution >= 4 is 23.2 Å². The van der Waals surface area contributed by atoms with Crippen molar-refractivity contribution in [3.8, 4) is 0 Å². The van der Waals surface area contributed by atoms with Gasteiger partial charge in [-0.05, 0) is 75.4 Å². The summed E-state index contributed by atoms with van der Waals surface area (Å²) >= 11 is 0. The van der Waals surface area contributed by atoms with Gasteiger partial charge in [0.2, 0.25) is 11.8 Å². The summed E-state index contributed by atoms with van der Waals surface area (Å²) in [6.45, 7) is 10.1. The summed E-state index contributed by atoms with van der Waals surface area (Å²) in [7, 11) is 0. The van der Waals surface area contributed by atoms with E-state index in [4.69, 9.17) is 0 Å². The van der Waals surface area contributed by atoms with Crippen LogP contribution in [0.25, 0.3) is 0 Å². The zero-order valence-electron chi connectivity index (χ0n) is 16.1. The van der Waals surface area contributed by atoms with Gasteiger partial charge in [-0.2, -0.15) is 0 Å². The highest BCUT2D eigenvalue weighted by atomic mass is 16.2. The maximum absolute atomic E-state index is 12.5. The van der Waals surface area contributed by atoms with Gasteiger partial charge in [0.05, 0.1) is 11.8 Å². The van der Waals surface area contributed by atoms with E-state index in [1.54, 1.807) is 0 Å². The molecule has 26 heavy (non-hydrogen) atoms. The Labute approximate surface area is 155 Å². The largest absolute Gasteiger partial charge is 0.326 e. The quantitative estimate of drug-likeness (QED) is 0.856. The van der Waals surface area contributed by atoms with Gasteiger partial charge in [-0.15, -0.1) is 0 Å². The number of benzene rings is 2. The van der Waals surface area contributed by atoms with Crippen molar-refractivity contribution in [2.75, 3.05) is 10.6 Å². The molecule has 4 heteroatoms. The molecule has 1 aliphatic carbocycles. The Morgan fingerprint density at radius 3 is 1.92 bits per heavy atom. The number of amides is 2. The van der Waals surface area contributed by atoms with E-state index >= 15 is 0 Å². The van der Waals surface area contributed by atoms with E-state index in [0.29, 0.717) is 6.42 Å². The fourth-order valence-electron chi connectivity index (χ4n) is 3.42. The van der Waals surface area contributed by atoms with E-state index in [0.717, 1.165) is 28.1 Å². The molecule has 2 amide bonds. The number of hydrogen-bond donors (Lipinski definition) is 2. The Morgan fingerprint density at radius 1 is 0.769 bits per heavy atom. The summed E-state index contributed by atoms with van der Waals surface area (Å²) in [5.74, 6) is -0.643. The SMILES string of the molecule is Cc1cc(C)c(NC(=O)C2CC2C(=O)Nc2ccc(C)c(C)c2)c(C)c1. The summed E-state index contributed by atoms with van der Waals surface area (Å²) < 4.78 is 0. The highest BCUT2D eigenvalue weighted by molar-refractivity contribution is 6.03. The molecule has 2 N–H and O–H groups in total. The summed E-state index contributed by atoms with van der Waals surface area (Å²) in [6, 6.07) is 9.96. The fourth-order valence-corrected chi connectivity index (χ4v) is 3.42. The van der Waals surface area contributed by atoms with E-state index in [2.05, 4.69) is 22.8 Å². The van der Waals surface area contributed by atoms with Crippen molar-refractivity contribution in [1.29, 1.82) is 0 Å². The Morgan fingerprint density at radius 2 is 1.35 bits per heavy atom. The van der Waals surface area contributed by atoms with Crippen LogP contribution < -0.4 is 10.6 Å². The number of rotatable bonds is 4. The van der Waals surface area contributed by atoms with E-state index < -0.39 is 0 Å². The molecule has 2 aromatic rings. The van der Waals surface area contributed by atoms with Crippen LogP contribution in [-0.4, -0.2) is 11.8 Å². The lowest BCUT2D eigenvalue weighted by Gasteiger charge is -2.13. The van der Waals surface area contributed by atoms with Crippen LogP contribution in [0.15, 0.2) is 30.3 Å². The van der Waals surface area contributed by atoms with Gasteiger partial charge in [-0.1, -0.05) is 23.8 Å². The van der Waals surface area contributed by atoms with Crippen LogP contribution in [0.2, 0.25) is 0 Å². The first-order valence-corrected chi connectivity index (χ1v) is 9.03. The van der Waals surface area contributed by atoms with Crippen LogP contribution in [0.4, 0.5) is 11.4 Å². The van der Waals surface area contributed by atoms with E-state index in [1.807, 2.05) is 52.8 Å². The summed E-state index contributed by atoms with van der Waals surface area (Å²) in [6.07, 6.45) is 0.604. The molecule has 0 spiro atoms. The Bertz CT molecular complexity index is 863. The molecule has 0 aliphatic heterocycles. The van der Waals surface area contributed by atoms with Crippen LogP contribution in [0.5, 0.6) is 0 Å². The number of carbonyl (C=O) groups excluding carboxylic acids is 2. The maximum atomic E-state index is 12.5.